The molecule has 1 unspecified atom stereocenters. The zero-order chi connectivity index (χ0) is 11.8. The molecule has 1 aliphatic rings. The van der Waals surface area contributed by atoms with Crippen LogP contribution >= 0.6 is 0 Å². The fourth-order valence-electron chi connectivity index (χ4n) is 1.72. The fraction of sp³-hybridized carbons (Fsp3) is 0.364. The lowest BCUT2D eigenvalue weighted by atomic mass is 10.0. The number of hydrogen-bond donors (Lipinski definition) is 1. The third-order valence-corrected chi connectivity index (χ3v) is 2.75. The van der Waals surface area contributed by atoms with Gasteiger partial charge in [-0.25, -0.2) is 9.18 Å². The average Bonchev–Trinajstić information content (AvgIpc) is 2.58. The minimum atomic E-state index is -0.561. The van der Waals surface area contributed by atoms with Crippen LogP contribution in [0.25, 0.3) is 0 Å². The van der Waals surface area contributed by atoms with Crippen molar-refractivity contribution in [3.05, 3.63) is 30.1 Å². The largest absolute Gasteiger partial charge is 0.447 e. The van der Waals surface area contributed by atoms with Gasteiger partial charge in [0.2, 0.25) is 0 Å². The second kappa shape index (κ2) is 3.75. The Morgan fingerprint density at radius 3 is 2.69 bits per heavy atom. The van der Waals surface area contributed by atoms with Crippen molar-refractivity contribution in [3.63, 3.8) is 0 Å². The smallest absolute Gasteiger partial charge is 0.415 e. The lowest BCUT2D eigenvalue weighted by molar-refractivity contribution is 0.174. The van der Waals surface area contributed by atoms with Crippen LogP contribution < -0.4 is 10.6 Å². The van der Waals surface area contributed by atoms with Crippen molar-refractivity contribution >= 4 is 11.8 Å². The second-order valence-corrected chi connectivity index (χ2v) is 4.07. The summed E-state index contributed by atoms with van der Waals surface area (Å²) in [5, 5.41) is 0. The van der Waals surface area contributed by atoms with Crippen molar-refractivity contribution in [1.29, 1.82) is 0 Å². The van der Waals surface area contributed by atoms with Crippen LogP contribution in [0.5, 0.6) is 0 Å². The van der Waals surface area contributed by atoms with Gasteiger partial charge in [-0.05, 0) is 31.2 Å². The number of anilines is 1. The summed E-state index contributed by atoms with van der Waals surface area (Å²) in [5.41, 5.74) is 5.67. The maximum atomic E-state index is 12.8. The third kappa shape index (κ3) is 1.63. The Bertz CT molecular complexity index is 407. The number of cyclic esters (lactones) is 1. The van der Waals surface area contributed by atoms with E-state index in [0.717, 1.165) is 0 Å². The Labute approximate surface area is 92.8 Å². The van der Waals surface area contributed by atoms with Gasteiger partial charge in [0.15, 0.2) is 0 Å². The van der Waals surface area contributed by atoms with E-state index in [1.807, 2.05) is 6.92 Å². The Hall–Kier alpha value is -1.62. The van der Waals surface area contributed by atoms with Crippen LogP contribution in [0.3, 0.4) is 0 Å². The molecule has 0 radical (unpaired) electrons. The number of ether oxygens (including phenoxy) is 1. The maximum Gasteiger partial charge on any atom is 0.415 e. The molecule has 5 heteroatoms. The van der Waals surface area contributed by atoms with Crippen molar-refractivity contribution in [2.75, 3.05) is 18.1 Å². The summed E-state index contributed by atoms with van der Waals surface area (Å²) in [7, 11) is 0. The molecule has 86 valence electrons. The summed E-state index contributed by atoms with van der Waals surface area (Å²) in [6.07, 6.45) is -0.445. The standard InChI is InChI=1S/C11H13FN2O2/c1-11(6-13)7-16-10(15)14(11)9-4-2-8(12)3-5-9/h2-5H,6-7,13H2,1H3. The first kappa shape index (κ1) is 10.9. The first-order valence-electron chi connectivity index (χ1n) is 4.99. The molecule has 0 spiro atoms. The fourth-order valence-corrected chi connectivity index (χ4v) is 1.72. The van der Waals surface area contributed by atoms with Gasteiger partial charge in [-0.3, -0.25) is 4.90 Å². The summed E-state index contributed by atoms with van der Waals surface area (Å²) in [6.45, 7) is 2.37. The summed E-state index contributed by atoms with van der Waals surface area (Å²) in [6, 6.07) is 5.68. The maximum absolute atomic E-state index is 12.8. The van der Waals surface area contributed by atoms with E-state index in [1.165, 1.54) is 29.2 Å². The molecule has 1 aliphatic heterocycles. The molecule has 16 heavy (non-hydrogen) atoms. The second-order valence-electron chi connectivity index (χ2n) is 4.07. The molecule has 0 saturated carbocycles. The van der Waals surface area contributed by atoms with Crippen LogP contribution in [-0.4, -0.2) is 24.8 Å². The van der Waals surface area contributed by atoms with E-state index in [4.69, 9.17) is 10.5 Å². The SMILES string of the molecule is CC1(CN)COC(=O)N1c1ccc(F)cc1. The average molecular weight is 224 g/mol. The van der Waals surface area contributed by atoms with Gasteiger partial charge < -0.3 is 10.5 Å². The zero-order valence-corrected chi connectivity index (χ0v) is 8.94. The zero-order valence-electron chi connectivity index (χ0n) is 8.94. The molecule has 1 heterocycles. The van der Waals surface area contributed by atoms with Crippen LogP contribution in [0.4, 0.5) is 14.9 Å². The minimum absolute atomic E-state index is 0.250. The van der Waals surface area contributed by atoms with E-state index < -0.39 is 11.6 Å². The van der Waals surface area contributed by atoms with Crippen LogP contribution in [0.2, 0.25) is 0 Å². The first-order valence-corrected chi connectivity index (χ1v) is 4.99. The van der Waals surface area contributed by atoms with E-state index in [2.05, 4.69) is 0 Å². The molecule has 1 fully saturated rings. The molecule has 2 N–H and O–H groups in total. The highest BCUT2D eigenvalue weighted by Gasteiger charge is 2.43. The molecule has 0 aliphatic carbocycles. The van der Waals surface area contributed by atoms with Crippen molar-refractivity contribution < 1.29 is 13.9 Å². The molecule has 1 amide bonds. The number of benzene rings is 1. The number of rotatable bonds is 2. The van der Waals surface area contributed by atoms with Crippen molar-refractivity contribution in [3.8, 4) is 0 Å². The van der Waals surface area contributed by atoms with Crippen LogP contribution in [0.1, 0.15) is 6.92 Å². The summed E-state index contributed by atoms with van der Waals surface area (Å²) >= 11 is 0. The summed E-state index contributed by atoms with van der Waals surface area (Å²) in [5.74, 6) is -0.342. The van der Waals surface area contributed by atoms with E-state index in [0.29, 0.717) is 5.69 Å². The minimum Gasteiger partial charge on any atom is -0.447 e. The molecule has 0 aromatic heterocycles. The number of carbonyl (C=O) groups is 1. The molecule has 0 bridgehead atoms. The van der Waals surface area contributed by atoms with Crippen molar-refractivity contribution in [2.45, 2.75) is 12.5 Å². The summed E-state index contributed by atoms with van der Waals surface area (Å²) < 4.78 is 17.8. The van der Waals surface area contributed by atoms with Crippen LogP contribution in [-0.2, 0) is 4.74 Å². The van der Waals surface area contributed by atoms with E-state index in [1.54, 1.807) is 0 Å². The van der Waals surface area contributed by atoms with Crippen molar-refractivity contribution in [1.82, 2.24) is 0 Å². The number of nitrogens with two attached hydrogens (primary N) is 1. The number of amides is 1. The summed E-state index contributed by atoms with van der Waals surface area (Å²) in [4.78, 5) is 13.1. The molecule has 1 saturated heterocycles. The van der Waals surface area contributed by atoms with Crippen molar-refractivity contribution in [2.24, 2.45) is 5.73 Å². The van der Waals surface area contributed by atoms with Gasteiger partial charge in [0, 0.05) is 12.2 Å². The quantitative estimate of drug-likeness (QED) is 0.828. The predicted octanol–water partition coefficient (Wildman–Crippen LogP) is 1.50. The highest BCUT2D eigenvalue weighted by atomic mass is 19.1. The van der Waals surface area contributed by atoms with Gasteiger partial charge in [0.25, 0.3) is 0 Å². The van der Waals surface area contributed by atoms with Gasteiger partial charge in [-0.1, -0.05) is 0 Å². The van der Waals surface area contributed by atoms with Gasteiger partial charge >= 0.3 is 6.09 Å². The van der Waals surface area contributed by atoms with Crippen LogP contribution in [0.15, 0.2) is 24.3 Å². The Morgan fingerprint density at radius 1 is 1.50 bits per heavy atom. The normalized spacial score (nSPS) is 24.7. The highest BCUT2D eigenvalue weighted by molar-refractivity contribution is 5.91. The Balaban J connectivity index is 2.37. The molecule has 2 rings (SSSR count). The van der Waals surface area contributed by atoms with Gasteiger partial charge in [0.05, 0.1) is 5.54 Å². The first-order chi connectivity index (χ1) is 7.57. The molecular formula is C11H13FN2O2. The predicted molar refractivity (Wildman–Crippen MR) is 57.7 cm³/mol. The highest BCUT2D eigenvalue weighted by Crippen LogP contribution is 2.29. The monoisotopic (exact) mass is 224 g/mol. The number of carbonyl (C=O) groups excluding carboxylic acids is 1. The number of nitrogens with zero attached hydrogens (tertiary/aromatic N) is 1. The number of hydrogen-bond acceptors (Lipinski definition) is 3. The van der Waals surface area contributed by atoms with Gasteiger partial charge in [-0.2, -0.15) is 0 Å². The van der Waals surface area contributed by atoms with E-state index in [-0.39, 0.29) is 19.0 Å². The number of halogens is 1. The van der Waals surface area contributed by atoms with Gasteiger partial charge in [0.1, 0.15) is 12.4 Å². The molecule has 1 aromatic rings. The third-order valence-electron chi connectivity index (χ3n) is 2.75. The molecule has 1 atom stereocenters. The van der Waals surface area contributed by atoms with Crippen LogP contribution in [0, 0.1) is 5.82 Å². The Kier molecular flexibility index (Phi) is 2.55. The molecular weight excluding hydrogens is 211 g/mol. The molecule has 4 nitrogen and oxygen atoms in total. The topological polar surface area (TPSA) is 55.6 Å². The van der Waals surface area contributed by atoms with E-state index in [9.17, 15) is 9.18 Å². The lowest BCUT2D eigenvalue weighted by Crippen LogP contribution is -2.50. The lowest BCUT2D eigenvalue weighted by Gasteiger charge is -2.30. The Morgan fingerprint density at radius 2 is 2.12 bits per heavy atom. The van der Waals surface area contributed by atoms with E-state index >= 15 is 0 Å². The van der Waals surface area contributed by atoms with Gasteiger partial charge in [-0.15, -0.1) is 0 Å². The molecule has 1 aromatic carbocycles.